The Bertz CT molecular complexity index is 711. The number of nitrogens with one attached hydrogen (secondary N) is 2. The van der Waals surface area contributed by atoms with Crippen LogP contribution in [0.3, 0.4) is 0 Å². The van der Waals surface area contributed by atoms with Crippen LogP contribution in [-0.4, -0.2) is 37.7 Å². The van der Waals surface area contributed by atoms with Gasteiger partial charge in [0.25, 0.3) is 0 Å². The van der Waals surface area contributed by atoms with Gasteiger partial charge in [-0.1, -0.05) is 24.3 Å². The number of methoxy groups -OCH3 is 1. The first-order valence-corrected chi connectivity index (χ1v) is 9.55. The van der Waals surface area contributed by atoms with Crippen molar-refractivity contribution in [1.82, 2.24) is 15.6 Å². The van der Waals surface area contributed by atoms with E-state index in [1.54, 1.807) is 7.11 Å². The highest BCUT2D eigenvalue weighted by Crippen LogP contribution is 2.16. The molecule has 0 unspecified atom stereocenters. The van der Waals surface area contributed by atoms with Gasteiger partial charge in [-0.3, -0.25) is 0 Å². The van der Waals surface area contributed by atoms with Gasteiger partial charge in [0.15, 0.2) is 5.96 Å². The maximum absolute atomic E-state index is 5.40. The van der Waals surface area contributed by atoms with Crippen molar-refractivity contribution in [2.75, 3.05) is 31.6 Å². The molecule has 2 rings (SSSR count). The molecule has 1 aromatic carbocycles. The molecule has 0 saturated heterocycles. The van der Waals surface area contributed by atoms with Gasteiger partial charge in [-0.15, -0.1) is 0 Å². The molecule has 0 fully saturated rings. The smallest absolute Gasteiger partial charge is 0.191 e. The van der Waals surface area contributed by atoms with E-state index in [9.17, 15) is 0 Å². The van der Waals surface area contributed by atoms with E-state index in [4.69, 9.17) is 4.74 Å². The molecule has 146 valence electrons. The van der Waals surface area contributed by atoms with Crippen molar-refractivity contribution in [2.45, 2.75) is 33.9 Å². The normalized spacial score (nSPS) is 11.2. The molecule has 0 aliphatic rings. The van der Waals surface area contributed by atoms with Crippen molar-refractivity contribution in [3.63, 3.8) is 0 Å². The predicted molar refractivity (Wildman–Crippen MR) is 112 cm³/mol. The van der Waals surface area contributed by atoms with Crippen molar-refractivity contribution in [1.29, 1.82) is 0 Å². The molecule has 2 N–H and O–H groups in total. The summed E-state index contributed by atoms with van der Waals surface area (Å²) in [7, 11) is 1.69. The predicted octanol–water partition coefficient (Wildman–Crippen LogP) is 3.19. The Morgan fingerprint density at radius 2 is 1.85 bits per heavy atom. The number of hydrogen-bond acceptors (Lipinski definition) is 4. The first-order chi connectivity index (χ1) is 13.2. The van der Waals surface area contributed by atoms with E-state index in [1.165, 1.54) is 0 Å². The maximum Gasteiger partial charge on any atom is 0.191 e. The summed E-state index contributed by atoms with van der Waals surface area (Å²) in [5.41, 5.74) is 2.18. The third-order valence-electron chi connectivity index (χ3n) is 4.30. The van der Waals surface area contributed by atoms with Crippen LogP contribution in [0, 0.1) is 0 Å². The molecule has 27 heavy (non-hydrogen) atoms. The van der Waals surface area contributed by atoms with Crippen LogP contribution in [0.2, 0.25) is 0 Å². The summed E-state index contributed by atoms with van der Waals surface area (Å²) in [4.78, 5) is 11.5. The summed E-state index contributed by atoms with van der Waals surface area (Å²) in [6.45, 7) is 10.3. The lowest BCUT2D eigenvalue weighted by Crippen LogP contribution is -2.36. The standard InChI is InChI=1S/C21H31N5O/c1-5-22-21(25-16-18-10-8-9-11-19(18)27-4)24-15-17-12-13-20(23-14-17)26(6-2)7-3/h8-14H,5-7,15-16H2,1-4H3,(H2,22,24,25). The molecule has 2 aromatic rings. The Labute approximate surface area is 162 Å². The van der Waals surface area contributed by atoms with Crippen LogP contribution in [0.5, 0.6) is 5.75 Å². The first kappa shape index (κ1) is 20.6. The van der Waals surface area contributed by atoms with Crippen molar-refractivity contribution < 1.29 is 4.74 Å². The first-order valence-electron chi connectivity index (χ1n) is 9.55. The zero-order chi connectivity index (χ0) is 19.5. The maximum atomic E-state index is 5.40. The van der Waals surface area contributed by atoms with Gasteiger partial charge in [0, 0.05) is 37.9 Å². The lowest BCUT2D eigenvalue weighted by atomic mass is 10.2. The molecule has 1 aromatic heterocycles. The van der Waals surface area contributed by atoms with E-state index in [0.29, 0.717) is 13.1 Å². The van der Waals surface area contributed by atoms with Crippen molar-refractivity contribution >= 4 is 11.8 Å². The van der Waals surface area contributed by atoms with Gasteiger partial charge in [0.2, 0.25) is 0 Å². The monoisotopic (exact) mass is 369 g/mol. The highest BCUT2D eigenvalue weighted by Gasteiger charge is 2.05. The second-order valence-corrected chi connectivity index (χ2v) is 6.06. The summed E-state index contributed by atoms with van der Waals surface area (Å²) in [6.07, 6.45) is 1.90. The molecule has 0 radical (unpaired) electrons. The number of rotatable bonds is 9. The molecule has 6 heteroatoms. The summed E-state index contributed by atoms with van der Waals surface area (Å²) < 4.78 is 5.40. The lowest BCUT2D eigenvalue weighted by Gasteiger charge is -2.19. The average Bonchev–Trinajstić information content (AvgIpc) is 2.72. The van der Waals surface area contributed by atoms with Crippen LogP contribution < -0.4 is 20.3 Å². The molecule has 0 saturated carbocycles. The number of nitrogens with zero attached hydrogens (tertiary/aromatic N) is 3. The van der Waals surface area contributed by atoms with Crippen LogP contribution in [0.15, 0.2) is 47.6 Å². The number of aliphatic imine (C=N–C) groups is 1. The van der Waals surface area contributed by atoms with Gasteiger partial charge in [0.1, 0.15) is 11.6 Å². The molecule has 0 atom stereocenters. The van der Waals surface area contributed by atoms with Gasteiger partial charge in [0.05, 0.1) is 13.7 Å². The van der Waals surface area contributed by atoms with Crippen molar-refractivity contribution in [3.05, 3.63) is 53.7 Å². The minimum atomic E-state index is 0.576. The largest absolute Gasteiger partial charge is 0.496 e. The number of ether oxygens (including phenoxy) is 1. The number of benzene rings is 1. The van der Waals surface area contributed by atoms with Gasteiger partial charge < -0.3 is 20.3 Å². The molecular weight excluding hydrogens is 338 g/mol. The molecule has 0 amide bonds. The quantitative estimate of drug-likeness (QED) is 0.525. The Morgan fingerprint density at radius 1 is 1.07 bits per heavy atom. The van der Waals surface area contributed by atoms with Crippen LogP contribution in [0.25, 0.3) is 0 Å². The molecule has 1 heterocycles. The minimum absolute atomic E-state index is 0.576. The van der Waals surface area contributed by atoms with Gasteiger partial charge in [-0.05, 0) is 38.5 Å². The summed E-state index contributed by atoms with van der Waals surface area (Å²) >= 11 is 0. The number of para-hydroxylation sites is 1. The molecule has 6 nitrogen and oxygen atoms in total. The molecule has 0 aliphatic carbocycles. The number of aromatic nitrogens is 1. The molecule has 0 aliphatic heterocycles. The van der Waals surface area contributed by atoms with Crippen LogP contribution in [0.4, 0.5) is 5.82 Å². The SMILES string of the molecule is CCNC(=NCc1ccc(N(CC)CC)nc1)NCc1ccccc1OC. The van der Waals surface area contributed by atoms with Gasteiger partial charge in [-0.2, -0.15) is 0 Å². The average molecular weight is 370 g/mol. The Morgan fingerprint density at radius 3 is 2.48 bits per heavy atom. The van der Waals surface area contributed by atoms with Crippen molar-refractivity contribution in [2.24, 2.45) is 4.99 Å². The number of pyridine rings is 1. The third kappa shape index (κ3) is 6.16. The number of anilines is 1. The lowest BCUT2D eigenvalue weighted by molar-refractivity contribution is 0.409. The zero-order valence-corrected chi connectivity index (χ0v) is 16.8. The number of guanidine groups is 1. The van der Waals surface area contributed by atoms with Crippen LogP contribution in [0.1, 0.15) is 31.9 Å². The number of hydrogen-bond donors (Lipinski definition) is 2. The van der Waals surface area contributed by atoms with E-state index in [1.807, 2.05) is 30.5 Å². The fourth-order valence-corrected chi connectivity index (χ4v) is 2.78. The van der Waals surface area contributed by atoms with Crippen LogP contribution >= 0.6 is 0 Å². The van der Waals surface area contributed by atoms with Crippen molar-refractivity contribution in [3.8, 4) is 5.75 Å². The van der Waals surface area contributed by atoms with Gasteiger partial charge >= 0.3 is 0 Å². The summed E-state index contributed by atoms with van der Waals surface area (Å²) in [6, 6.07) is 12.1. The fraction of sp³-hybridized carbons (Fsp3) is 0.429. The topological polar surface area (TPSA) is 61.8 Å². The molecular formula is C21H31N5O. The van der Waals surface area contributed by atoms with E-state index >= 15 is 0 Å². The minimum Gasteiger partial charge on any atom is -0.496 e. The second kappa shape index (κ2) is 11.1. The van der Waals surface area contributed by atoms with Crippen LogP contribution in [-0.2, 0) is 13.1 Å². The molecule has 0 spiro atoms. The Kier molecular flexibility index (Phi) is 8.42. The van der Waals surface area contributed by atoms with E-state index in [0.717, 1.165) is 48.3 Å². The molecule has 0 bridgehead atoms. The highest BCUT2D eigenvalue weighted by molar-refractivity contribution is 5.79. The van der Waals surface area contributed by atoms with Gasteiger partial charge in [-0.25, -0.2) is 9.98 Å². The second-order valence-electron chi connectivity index (χ2n) is 6.06. The highest BCUT2D eigenvalue weighted by atomic mass is 16.5. The summed E-state index contributed by atoms with van der Waals surface area (Å²) in [5.74, 6) is 2.65. The fourth-order valence-electron chi connectivity index (χ4n) is 2.78. The summed E-state index contributed by atoms with van der Waals surface area (Å²) in [5, 5.41) is 6.64. The zero-order valence-electron chi connectivity index (χ0n) is 16.8. The van der Waals surface area contributed by atoms with E-state index < -0.39 is 0 Å². The van der Waals surface area contributed by atoms with E-state index in [2.05, 4.69) is 58.4 Å². The Balaban J connectivity index is 2.00. The Hall–Kier alpha value is -2.76. The third-order valence-corrected chi connectivity index (χ3v) is 4.30. The van der Waals surface area contributed by atoms with E-state index in [-0.39, 0.29) is 0 Å².